The van der Waals surface area contributed by atoms with Crippen molar-refractivity contribution in [3.63, 3.8) is 0 Å². The second-order valence-corrected chi connectivity index (χ2v) is 9.05. The van der Waals surface area contributed by atoms with Crippen molar-refractivity contribution in [1.82, 2.24) is 4.90 Å². The first kappa shape index (κ1) is 17.3. The van der Waals surface area contributed by atoms with Crippen molar-refractivity contribution in [3.8, 4) is 0 Å². The van der Waals surface area contributed by atoms with Crippen molar-refractivity contribution in [3.05, 3.63) is 24.3 Å². The van der Waals surface area contributed by atoms with Gasteiger partial charge in [-0.1, -0.05) is 25.3 Å². The predicted octanol–water partition coefficient (Wildman–Crippen LogP) is 3.67. The number of sulfone groups is 1. The molecule has 3 rings (SSSR count). The third-order valence-corrected chi connectivity index (χ3v) is 6.38. The van der Waals surface area contributed by atoms with Gasteiger partial charge in [0.25, 0.3) is 0 Å². The van der Waals surface area contributed by atoms with Crippen molar-refractivity contribution in [2.24, 2.45) is 5.92 Å². The average Bonchev–Trinajstić information content (AvgIpc) is 3.05. The lowest BCUT2D eigenvalue weighted by Crippen LogP contribution is -2.43. The topological polar surface area (TPSA) is 66.5 Å². The minimum absolute atomic E-state index is 0.103. The molecule has 1 aliphatic heterocycles. The highest BCUT2D eigenvalue weighted by Gasteiger charge is 2.35. The molecule has 1 unspecified atom stereocenters. The first-order valence-corrected chi connectivity index (χ1v) is 10.7. The number of likely N-dealkylation sites (tertiary alicyclic amines) is 1. The number of hydrogen-bond acceptors (Lipinski definition) is 3. The van der Waals surface area contributed by atoms with E-state index in [0.29, 0.717) is 17.6 Å². The van der Waals surface area contributed by atoms with Crippen LogP contribution in [0.5, 0.6) is 0 Å². The number of amides is 2. The summed E-state index contributed by atoms with van der Waals surface area (Å²) in [5.74, 6) is 0.620. The largest absolute Gasteiger partial charge is 0.322 e. The number of carbonyl (C=O) groups excluding carboxylic acids is 1. The maximum absolute atomic E-state index is 12.7. The molecule has 1 heterocycles. The van der Waals surface area contributed by atoms with E-state index >= 15 is 0 Å². The molecule has 0 aromatic heterocycles. The van der Waals surface area contributed by atoms with Crippen LogP contribution in [0.15, 0.2) is 29.2 Å². The lowest BCUT2D eigenvalue weighted by atomic mass is 9.83. The summed E-state index contributed by atoms with van der Waals surface area (Å²) >= 11 is 0. The summed E-state index contributed by atoms with van der Waals surface area (Å²) in [6.45, 7) is 0.790. The van der Waals surface area contributed by atoms with E-state index in [2.05, 4.69) is 5.32 Å². The fourth-order valence-electron chi connectivity index (χ4n) is 4.05. The van der Waals surface area contributed by atoms with Crippen molar-refractivity contribution in [2.45, 2.75) is 55.9 Å². The lowest BCUT2D eigenvalue weighted by molar-refractivity contribution is 0.166. The SMILES string of the molecule is CS(=O)(=O)c1cccc(NC(=O)N2CCCC2C2CCCCC2)c1. The zero-order valence-corrected chi connectivity index (χ0v) is 15.0. The van der Waals surface area contributed by atoms with Gasteiger partial charge in [-0.05, 0) is 49.8 Å². The number of benzene rings is 1. The Morgan fingerprint density at radius 1 is 1.12 bits per heavy atom. The van der Waals surface area contributed by atoms with Gasteiger partial charge in [0.2, 0.25) is 0 Å². The molecule has 2 aliphatic rings. The molecular weight excluding hydrogens is 324 g/mol. The highest BCUT2D eigenvalue weighted by Crippen LogP contribution is 2.34. The molecule has 1 N–H and O–H groups in total. The Labute approximate surface area is 144 Å². The monoisotopic (exact) mass is 350 g/mol. The van der Waals surface area contributed by atoms with Gasteiger partial charge in [-0.25, -0.2) is 13.2 Å². The van der Waals surface area contributed by atoms with E-state index in [1.165, 1.54) is 44.4 Å². The van der Waals surface area contributed by atoms with Crippen LogP contribution >= 0.6 is 0 Å². The minimum atomic E-state index is -3.27. The van der Waals surface area contributed by atoms with E-state index in [-0.39, 0.29) is 10.9 Å². The third-order valence-electron chi connectivity index (χ3n) is 5.27. The summed E-state index contributed by atoms with van der Waals surface area (Å²) in [4.78, 5) is 14.9. The average molecular weight is 350 g/mol. The number of urea groups is 1. The standard InChI is InChI=1S/C18H26N2O3S/c1-24(22,23)16-10-5-9-15(13-16)19-18(21)20-12-6-11-17(20)14-7-3-2-4-8-14/h5,9-10,13-14,17H,2-4,6-8,11-12H2,1H3,(H,19,21). The summed E-state index contributed by atoms with van der Waals surface area (Å²) in [5.41, 5.74) is 0.539. The van der Waals surface area contributed by atoms with E-state index in [4.69, 9.17) is 0 Å². The first-order valence-electron chi connectivity index (χ1n) is 8.83. The molecule has 1 aromatic rings. The van der Waals surface area contributed by atoms with Crippen LogP contribution in [-0.2, 0) is 9.84 Å². The second-order valence-electron chi connectivity index (χ2n) is 7.03. The number of carbonyl (C=O) groups is 1. The summed E-state index contributed by atoms with van der Waals surface area (Å²) < 4.78 is 23.3. The van der Waals surface area contributed by atoms with Crippen LogP contribution in [0, 0.1) is 5.92 Å². The zero-order chi connectivity index (χ0) is 17.2. The Kier molecular flexibility index (Phi) is 5.13. The Morgan fingerprint density at radius 3 is 2.58 bits per heavy atom. The maximum Gasteiger partial charge on any atom is 0.322 e. The van der Waals surface area contributed by atoms with Gasteiger partial charge in [-0.3, -0.25) is 0 Å². The molecule has 1 saturated heterocycles. The van der Waals surface area contributed by atoms with Gasteiger partial charge in [0.15, 0.2) is 9.84 Å². The normalized spacial score (nSPS) is 22.5. The fraction of sp³-hybridized carbons (Fsp3) is 0.611. The molecule has 5 nitrogen and oxygen atoms in total. The summed E-state index contributed by atoms with van der Waals surface area (Å²) in [7, 11) is -3.27. The van der Waals surface area contributed by atoms with E-state index in [1.54, 1.807) is 18.2 Å². The number of nitrogens with one attached hydrogen (secondary N) is 1. The van der Waals surface area contributed by atoms with Gasteiger partial charge in [-0.15, -0.1) is 0 Å². The van der Waals surface area contributed by atoms with E-state index in [0.717, 1.165) is 19.4 Å². The number of anilines is 1. The van der Waals surface area contributed by atoms with Crippen LogP contribution in [0.3, 0.4) is 0 Å². The van der Waals surface area contributed by atoms with Gasteiger partial charge < -0.3 is 10.2 Å². The molecule has 2 amide bonds. The summed E-state index contributed by atoms with van der Waals surface area (Å²) in [6.07, 6.45) is 9.61. The van der Waals surface area contributed by atoms with Crippen LogP contribution in [-0.4, -0.2) is 38.2 Å². The molecule has 24 heavy (non-hydrogen) atoms. The van der Waals surface area contributed by atoms with Crippen molar-refractivity contribution < 1.29 is 13.2 Å². The molecule has 2 fully saturated rings. The van der Waals surface area contributed by atoms with Crippen LogP contribution in [0.25, 0.3) is 0 Å². The van der Waals surface area contributed by atoms with Gasteiger partial charge in [0.05, 0.1) is 4.90 Å². The number of rotatable bonds is 3. The smallest absolute Gasteiger partial charge is 0.321 e. The quantitative estimate of drug-likeness (QED) is 0.904. The number of nitrogens with zero attached hydrogens (tertiary/aromatic N) is 1. The van der Waals surface area contributed by atoms with Gasteiger partial charge in [-0.2, -0.15) is 0 Å². The van der Waals surface area contributed by atoms with Crippen LogP contribution in [0.2, 0.25) is 0 Å². The molecule has 1 saturated carbocycles. The Morgan fingerprint density at radius 2 is 1.88 bits per heavy atom. The minimum Gasteiger partial charge on any atom is -0.321 e. The highest BCUT2D eigenvalue weighted by molar-refractivity contribution is 7.90. The molecule has 6 heteroatoms. The van der Waals surface area contributed by atoms with E-state index in [1.807, 2.05) is 4.90 Å². The second kappa shape index (κ2) is 7.13. The van der Waals surface area contributed by atoms with Gasteiger partial charge >= 0.3 is 6.03 Å². The predicted molar refractivity (Wildman–Crippen MR) is 94.9 cm³/mol. The van der Waals surface area contributed by atoms with E-state index in [9.17, 15) is 13.2 Å². The van der Waals surface area contributed by atoms with Gasteiger partial charge in [0.1, 0.15) is 0 Å². The third kappa shape index (κ3) is 3.91. The molecule has 1 aromatic carbocycles. The molecule has 1 aliphatic carbocycles. The van der Waals surface area contributed by atoms with Crippen LogP contribution in [0.4, 0.5) is 10.5 Å². The lowest BCUT2D eigenvalue weighted by Gasteiger charge is -2.34. The fourth-order valence-corrected chi connectivity index (χ4v) is 4.72. The molecule has 1 atom stereocenters. The molecule has 0 spiro atoms. The number of hydrogen-bond donors (Lipinski definition) is 1. The molecular formula is C18H26N2O3S. The van der Waals surface area contributed by atoms with Crippen LogP contribution in [0.1, 0.15) is 44.9 Å². The molecule has 0 radical (unpaired) electrons. The van der Waals surface area contributed by atoms with Gasteiger partial charge in [0, 0.05) is 24.5 Å². The van der Waals surface area contributed by atoms with E-state index < -0.39 is 9.84 Å². The Balaban J connectivity index is 1.70. The Hall–Kier alpha value is -1.56. The zero-order valence-electron chi connectivity index (χ0n) is 14.2. The Bertz CT molecular complexity index is 696. The van der Waals surface area contributed by atoms with Crippen molar-refractivity contribution in [2.75, 3.05) is 18.1 Å². The van der Waals surface area contributed by atoms with Crippen molar-refractivity contribution in [1.29, 1.82) is 0 Å². The molecule has 0 bridgehead atoms. The highest BCUT2D eigenvalue weighted by atomic mass is 32.2. The van der Waals surface area contributed by atoms with Crippen LogP contribution < -0.4 is 5.32 Å². The summed E-state index contributed by atoms with van der Waals surface area (Å²) in [6, 6.07) is 6.70. The first-order chi connectivity index (χ1) is 11.4. The van der Waals surface area contributed by atoms with Crippen molar-refractivity contribution >= 4 is 21.6 Å². The molecule has 132 valence electrons. The maximum atomic E-state index is 12.7. The summed E-state index contributed by atoms with van der Waals surface area (Å²) in [5, 5.41) is 2.89.